The number of nitrogens with zero attached hydrogens (tertiary/aromatic N) is 3. The van der Waals surface area contributed by atoms with Gasteiger partial charge in [0.2, 0.25) is 0 Å². The van der Waals surface area contributed by atoms with Crippen LogP contribution in [0.2, 0.25) is 0 Å². The third-order valence-electron chi connectivity index (χ3n) is 3.00. The summed E-state index contributed by atoms with van der Waals surface area (Å²) in [4.78, 5) is 6.82. The first kappa shape index (κ1) is 9.97. The van der Waals surface area contributed by atoms with Crippen molar-refractivity contribution in [1.29, 1.82) is 5.26 Å². The number of aromatic nitrogens is 1. The Hall–Kier alpha value is -1.56. The molecule has 0 atom stereocenters. The first-order chi connectivity index (χ1) is 7.43. The van der Waals surface area contributed by atoms with Crippen LogP contribution in [-0.2, 0) is 0 Å². The Bertz CT molecular complexity index is 334. The third kappa shape index (κ3) is 2.10. The van der Waals surface area contributed by atoms with Gasteiger partial charge in [-0.2, -0.15) is 0 Å². The number of anilines is 1. The molecular formula is C12H15N3. The van der Waals surface area contributed by atoms with E-state index in [1.165, 1.54) is 37.9 Å². The first-order valence-electron chi connectivity index (χ1n) is 5.40. The highest BCUT2D eigenvalue weighted by Crippen LogP contribution is 2.39. The highest BCUT2D eigenvalue weighted by Gasteiger charge is 2.24. The van der Waals surface area contributed by atoms with E-state index < -0.39 is 0 Å². The molecule has 3 rings (SSSR count). The van der Waals surface area contributed by atoms with Gasteiger partial charge in [-0.3, -0.25) is 0 Å². The molecule has 1 aromatic heterocycles. The van der Waals surface area contributed by atoms with Crippen LogP contribution in [0.4, 0.5) is 5.82 Å². The van der Waals surface area contributed by atoms with Crippen LogP contribution in [-0.4, -0.2) is 18.1 Å². The highest BCUT2D eigenvalue weighted by molar-refractivity contribution is 5.42. The van der Waals surface area contributed by atoms with Crippen LogP contribution in [0.15, 0.2) is 18.3 Å². The number of hydrogen-bond donors (Lipinski definition) is 0. The Labute approximate surface area is 90.4 Å². The van der Waals surface area contributed by atoms with Crippen molar-refractivity contribution in [2.24, 2.45) is 0 Å². The molecule has 0 N–H and O–H groups in total. The Morgan fingerprint density at radius 1 is 1.27 bits per heavy atom. The molecule has 0 bridgehead atoms. The van der Waals surface area contributed by atoms with E-state index in [0.29, 0.717) is 0 Å². The van der Waals surface area contributed by atoms with Crippen LogP contribution in [0, 0.1) is 11.8 Å². The second-order valence-corrected chi connectivity index (χ2v) is 4.06. The summed E-state index contributed by atoms with van der Waals surface area (Å²) in [6, 6.07) is 4.42. The van der Waals surface area contributed by atoms with Crippen LogP contribution in [0.25, 0.3) is 0 Å². The van der Waals surface area contributed by atoms with Crippen molar-refractivity contribution in [3.05, 3.63) is 23.9 Å². The van der Waals surface area contributed by atoms with Gasteiger partial charge in [-0.05, 0) is 36.8 Å². The molecule has 2 fully saturated rings. The average molecular weight is 201 g/mol. The zero-order valence-corrected chi connectivity index (χ0v) is 8.76. The van der Waals surface area contributed by atoms with E-state index in [-0.39, 0.29) is 0 Å². The van der Waals surface area contributed by atoms with Crippen molar-refractivity contribution in [3.8, 4) is 6.57 Å². The molecule has 78 valence electrons. The predicted molar refractivity (Wildman–Crippen MR) is 59.7 cm³/mol. The molecule has 15 heavy (non-hydrogen) atoms. The predicted octanol–water partition coefficient (Wildman–Crippen LogP) is 2.31. The summed E-state index contributed by atoms with van der Waals surface area (Å²) in [6.45, 7) is 5.88. The quantitative estimate of drug-likeness (QED) is 0.737. The summed E-state index contributed by atoms with van der Waals surface area (Å²) in [6.07, 6.45) is 6.12. The Balaban J connectivity index is 0.000000404. The summed E-state index contributed by atoms with van der Waals surface area (Å²) >= 11 is 0. The fraction of sp³-hybridized carbons (Fsp3) is 0.500. The average Bonchev–Trinajstić information content (AvgIpc) is 3.03. The SMILES string of the molecule is C#N.c1cc(N2CCC2)ncc1C1CC1. The molecule has 0 amide bonds. The molecule has 1 aliphatic carbocycles. The number of nitriles is 1. The van der Waals surface area contributed by atoms with Crippen molar-refractivity contribution in [2.45, 2.75) is 25.2 Å². The van der Waals surface area contributed by atoms with Crippen molar-refractivity contribution < 1.29 is 0 Å². The first-order valence-corrected chi connectivity index (χ1v) is 5.40. The van der Waals surface area contributed by atoms with Gasteiger partial charge >= 0.3 is 0 Å². The number of hydrogen-bond acceptors (Lipinski definition) is 3. The van der Waals surface area contributed by atoms with Gasteiger partial charge in [-0.1, -0.05) is 6.07 Å². The molecule has 1 saturated carbocycles. The molecule has 2 heterocycles. The van der Waals surface area contributed by atoms with E-state index in [1.54, 1.807) is 0 Å². The van der Waals surface area contributed by atoms with E-state index in [9.17, 15) is 0 Å². The molecule has 1 aromatic rings. The standard InChI is InChI=1S/C11H14N2.CHN/c1-6-13(7-1)11-5-4-10(8-12-11)9-2-3-9;1-2/h4-5,8-9H,1-3,6-7H2;1H. The second-order valence-electron chi connectivity index (χ2n) is 4.06. The topological polar surface area (TPSA) is 39.9 Å². The molecule has 0 spiro atoms. The van der Waals surface area contributed by atoms with Gasteiger partial charge in [0.05, 0.1) is 0 Å². The number of pyridine rings is 1. The van der Waals surface area contributed by atoms with Crippen LogP contribution in [0.1, 0.15) is 30.7 Å². The van der Waals surface area contributed by atoms with Crippen molar-refractivity contribution in [1.82, 2.24) is 4.98 Å². The summed E-state index contributed by atoms with van der Waals surface area (Å²) in [7, 11) is 0. The molecule has 1 saturated heterocycles. The molecule has 2 aliphatic rings. The Morgan fingerprint density at radius 2 is 2.00 bits per heavy atom. The second kappa shape index (κ2) is 4.31. The van der Waals surface area contributed by atoms with Crippen molar-refractivity contribution >= 4 is 5.82 Å². The summed E-state index contributed by atoms with van der Waals surface area (Å²) < 4.78 is 0. The van der Waals surface area contributed by atoms with E-state index in [2.05, 4.69) is 34.8 Å². The monoisotopic (exact) mass is 201 g/mol. The normalized spacial score (nSPS) is 18.7. The minimum atomic E-state index is 0.831. The van der Waals surface area contributed by atoms with Gasteiger partial charge in [0.25, 0.3) is 0 Å². The summed E-state index contributed by atoms with van der Waals surface area (Å²) in [5, 5.41) is 6.50. The van der Waals surface area contributed by atoms with Gasteiger partial charge in [0.15, 0.2) is 0 Å². The maximum Gasteiger partial charge on any atom is 0.128 e. The highest BCUT2D eigenvalue weighted by atomic mass is 15.2. The Morgan fingerprint density at radius 3 is 2.40 bits per heavy atom. The maximum absolute atomic E-state index is 6.50. The van der Waals surface area contributed by atoms with Gasteiger partial charge in [0.1, 0.15) is 5.82 Å². The fourth-order valence-electron chi connectivity index (χ4n) is 1.79. The Kier molecular flexibility index (Phi) is 2.86. The minimum absolute atomic E-state index is 0.831. The van der Waals surface area contributed by atoms with Crippen LogP contribution < -0.4 is 4.90 Å². The molecule has 0 unspecified atom stereocenters. The lowest BCUT2D eigenvalue weighted by Crippen LogP contribution is -2.37. The molecule has 3 nitrogen and oxygen atoms in total. The lowest BCUT2D eigenvalue weighted by Gasteiger charge is -2.31. The van der Waals surface area contributed by atoms with Crippen molar-refractivity contribution in [2.75, 3.05) is 18.0 Å². The fourth-order valence-corrected chi connectivity index (χ4v) is 1.79. The zero-order valence-electron chi connectivity index (χ0n) is 8.76. The maximum atomic E-state index is 6.50. The lowest BCUT2D eigenvalue weighted by atomic mass is 10.2. The van der Waals surface area contributed by atoms with Gasteiger partial charge in [-0.15, -0.1) is 0 Å². The van der Waals surface area contributed by atoms with Gasteiger partial charge in [0, 0.05) is 25.9 Å². The van der Waals surface area contributed by atoms with Gasteiger partial charge in [-0.25, -0.2) is 10.2 Å². The molecule has 0 aromatic carbocycles. The summed E-state index contributed by atoms with van der Waals surface area (Å²) in [5.74, 6) is 1.99. The van der Waals surface area contributed by atoms with Crippen LogP contribution >= 0.6 is 0 Å². The van der Waals surface area contributed by atoms with E-state index in [4.69, 9.17) is 5.26 Å². The molecule has 3 heteroatoms. The van der Waals surface area contributed by atoms with E-state index in [1.807, 2.05) is 0 Å². The molecule has 0 radical (unpaired) electrons. The molecular weight excluding hydrogens is 186 g/mol. The zero-order chi connectivity index (χ0) is 10.7. The largest absolute Gasteiger partial charge is 0.356 e. The minimum Gasteiger partial charge on any atom is -0.356 e. The lowest BCUT2D eigenvalue weighted by molar-refractivity contribution is 0.609. The van der Waals surface area contributed by atoms with Crippen LogP contribution in [0.5, 0.6) is 0 Å². The summed E-state index contributed by atoms with van der Waals surface area (Å²) in [5.41, 5.74) is 1.43. The number of rotatable bonds is 2. The van der Waals surface area contributed by atoms with E-state index >= 15 is 0 Å². The van der Waals surface area contributed by atoms with Crippen molar-refractivity contribution in [3.63, 3.8) is 0 Å². The molecule has 1 aliphatic heterocycles. The van der Waals surface area contributed by atoms with Crippen LogP contribution in [0.3, 0.4) is 0 Å². The smallest absolute Gasteiger partial charge is 0.128 e. The third-order valence-corrected chi connectivity index (χ3v) is 3.00. The van der Waals surface area contributed by atoms with E-state index in [0.717, 1.165) is 11.7 Å². The van der Waals surface area contributed by atoms with Gasteiger partial charge < -0.3 is 4.90 Å².